The van der Waals surface area contributed by atoms with Crippen molar-refractivity contribution in [1.82, 2.24) is 30.7 Å². The van der Waals surface area contributed by atoms with E-state index < -0.39 is 89.9 Å². The number of nitrogens with zero attached hydrogens (tertiary/aromatic N) is 3. The number of halogens is 1. The summed E-state index contributed by atoms with van der Waals surface area (Å²) in [4.78, 5) is 102. The van der Waals surface area contributed by atoms with Gasteiger partial charge in [-0.25, -0.2) is 4.79 Å². The lowest BCUT2D eigenvalue weighted by molar-refractivity contribution is -0.163. The van der Waals surface area contributed by atoms with Crippen molar-refractivity contribution >= 4 is 53.0 Å². The van der Waals surface area contributed by atoms with Crippen LogP contribution in [0.1, 0.15) is 69.1 Å². The second-order valence-corrected chi connectivity index (χ2v) is 16.0. The summed E-state index contributed by atoms with van der Waals surface area (Å²) < 4.78 is 5.89. The molecule has 16 heteroatoms. The molecule has 57 heavy (non-hydrogen) atoms. The lowest BCUT2D eigenvalue weighted by atomic mass is 9.98. The maximum absolute atomic E-state index is 14.7. The van der Waals surface area contributed by atoms with E-state index in [4.69, 9.17) is 16.3 Å². The molecule has 4 aliphatic rings. The lowest BCUT2D eigenvalue weighted by Gasteiger charge is -2.39. The van der Waals surface area contributed by atoms with Crippen molar-refractivity contribution in [2.24, 2.45) is 0 Å². The number of esters is 1. The van der Waals surface area contributed by atoms with Gasteiger partial charge in [-0.1, -0.05) is 53.6 Å². The average Bonchev–Trinajstić information content (AvgIpc) is 3.83. The quantitative estimate of drug-likeness (QED) is 0.298. The molecular formula is C41H51ClN6O9. The van der Waals surface area contributed by atoms with Crippen molar-refractivity contribution in [2.45, 2.75) is 121 Å². The van der Waals surface area contributed by atoms with Gasteiger partial charge in [0, 0.05) is 37.5 Å². The summed E-state index contributed by atoms with van der Waals surface area (Å²) in [6.07, 6.45) is -0.204. The number of ether oxygens (including phenoxy) is 1. The van der Waals surface area contributed by atoms with Crippen LogP contribution in [-0.2, 0) is 51.1 Å². The topological polar surface area (TPSA) is 195 Å². The van der Waals surface area contributed by atoms with Gasteiger partial charge in [0.05, 0.1) is 12.5 Å². The Hall–Kier alpha value is -5.02. The van der Waals surface area contributed by atoms with E-state index in [1.54, 1.807) is 24.3 Å². The number of hydrogen-bond donors (Lipinski definition) is 4. The molecule has 6 rings (SSSR count). The van der Waals surface area contributed by atoms with E-state index in [9.17, 15) is 38.7 Å². The minimum Gasteiger partial charge on any atom is -0.458 e. The number of piperidine rings is 1. The largest absolute Gasteiger partial charge is 0.458 e. The molecule has 0 unspecified atom stereocenters. The SMILES string of the molecule is Cc1cccc(C[C@H](NC(=O)Cc2cccc(Cl)c2)C(=O)N[C@@H]2C(=O)N3C[C@H](O)C[C@H]3C(=O)N3CCCC[C@H]3C(=O)N[C@@H](C)C(=O)N3CCC[C@H]3C(=O)O[C@H]2C)c1. The number of cyclic esters (lactones) is 1. The fourth-order valence-electron chi connectivity index (χ4n) is 8.35. The maximum Gasteiger partial charge on any atom is 0.329 e. The van der Waals surface area contributed by atoms with Crippen LogP contribution in [0.15, 0.2) is 48.5 Å². The fourth-order valence-corrected chi connectivity index (χ4v) is 8.56. The number of nitrogens with one attached hydrogen (secondary N) is 3. The highest BCUT2D eigenvalue weighted by molar-refractivity contribution is 6.30. The number of amides is 6. The maximum atomic E-state index is 14.7. The highest BCUT2D eigenvalue weighted by atomic mass is 35.5. The summed E-state index contributed by atoms with van der Waals surface area (Å²) in [7, 11) is 0. The molecule has 0 aliphatic carbocycles. The van der Waals surface area contributed by atoms with Crippen LogP contribution in [0.2, 0.25) is 5.02 Å². The number of carbonyl (C=O) groups excluding carboxylic acids is 7. The number of aryl methyl sites for hydroxylation is 1. The molecule has 0 aromatic heterocycles. The normalized spacial score (nSPS) is 27.8. The van der Waals surface area contributed by atoms with Gasteiger partial charge >= 0.3 is 5.97 Å². The minimum absolute atomic E-state index is 0.0448. The molecule has 2 aromatic rings. The number of fused-ring (bicyclic) bond motifs is 3. The van der Waals surface area contributed by atoms with Crippen LogP contribution in [0.25, 0.3) is 0 Å². The van der Waals surface area contributed by atoms with Gasteiger partial charge in [0.25, 0.3) is 0 Å². The van der Waals surface area contributed by atoms with E-state index in [0.717, 1.165) is 11.1 Å². The molecule has 4 fully saturated rings. The van der Waals surface area contributed by atoms with Crippen molar-refractivity contribution in [3.05, 3.63) is 70.2 Å². The molecule has 6 amide bonds. The van der Waals surface area contributed by atoms with Crippen molar-refractivity contribution in [2.75, 3.05) is 19.6 Å². The van der Waals surface area contributed by atoms with Crippen molar-refractivity contribution < 1.29 is 43.4 Å². The van der Waals surface area contributed by atoms with Gasteiger partial charge in [0.15, 0.2) is 0 Å². The molecule has 4 saturated heterocycles. The molecular weight excluding hydrogens is 756 g/mol. The second-order valence-electron chi connectivity index (χ2n) is 15.6. The Morgan fingerprint density at radius 2 is 1.58 bits per heavy atom. The first-order chi connectivity index (χ1) is 27.2. The molecule has 2 aromatic carbocycles. The summed E-state index contributed by atoms with van der Waals surface area (Å²) in [5.41, 5.74) is 2.28. The van der Waals surface area contributed by atoms with Gasteiger partial charge < -0.3 is 40.5 Å². The molecule has 8 atom stereocenters. The van der Waals surface area contributed by atoms with Crippen LogP contribution >= 0.6 is 11.6 Å². The number of hydrogen-bond acceptors (Lipinski definition) is 9. The van der Waals surface area contributed by atoms with E-state index in [1.165, 1.54) is 28.5 Å². The second kappa shape index (κ2) is 18.1. The molecule has 306 valence electrons. The van der Waals surface area contributed by atoms with E-state index >= 15 is 0 Å². The third-order valence-electron chi connectivity index (χ3n) is 11.2. The van der Waals surface area contributed by atoms with E-state index in [0.29, 0.717) is 36.3 Å². The number of aliphatic hydroxyl groups is 1. The Morgan fingerprint density at radius 3 is 2.33 bits per heavy atom. The summed E-state index contributed by atoms with van der Waals surface area (Å²) in [5, 5.41) is 19.6. The zero-order valence-electron chi connectivity index (χ0n) is 32.4. The Bertz CT molecular complexity index is 1890. The number of aliphatic hydroxyl groups excluding tert-OH is 1. The van der Waals surface area contributed by atoms with E-state index in [1.807, 2.05) is 31.2 Å². The van der Waals surface area contributed by atoms with Crippen molar-refractivity contribution in [1.29, 1.82) is 0 Å². The summed E-state index contributed by atoms with van der Waals surface area (Å²) in [5.74, 6) is -4.40. The zero-order valence-corrected chi connectivity index (χ0v) is 33.2. The lowest BCUT2D eigenvalue weighted by Crippen LogP contribution is -2.63. The zero-order chi connectivity index (χ0) is 41.0. The molecule has 4 heterocycles. The van der Waals surface area contributed by atoms with Crippen LogP contribution in [0.3, 0.4) is 0 Å². The molecule has 4 aliphatic heterocycles. The monoisotopic (exact) mass is 806 g/mol. The Kier molecular flexibility index (Phi) is 13.2. The number of rotatable bonds is 7. The first-order valence-electron chi connectivity index (χ1n) is 19.7. The minimum atomic E-state index is -1.58. The Labute approximate surface area is 336 Å². The van der Waals surface area contributed by atoms with E-state index in [2.05, 4.69) is 16.0 Å². The van der Waals surface area contributed by atoms with Crippen LogP contribution < -0.4 is 16.0 Å². The Morgan fingerprint density at radius 1 is 0.877 bits per heavy atom. The first-order valence-corrected chi connectivity index (χ1v) is 20.1. The van der Waals surface area contributed by atoms with Gasteiger partial charge in [0.2, 0.25) is 35.4 Å². The van der Waals surface area contributed by atoms with E-state index in [-0.39, 0.29) is 45.3 Å². The highest BCUT2D eigenvalue weighted by Crippen LogP contribution is 2.28. The molecule has 0 bridgehead atoms. The first kappa shape index (κ1) is 41.6. The standard InChI is InChI=1S/C41H51ClN6O9/c1-23-9-6-10-26(17-23)19-30(44-34(50)20-27-11-7-12-28(42)18-27)36(51)45-35-25(3)57-41(56)32-14-8-16-47(32)38(53)24(2)43-37(52)31-13-4-5-15-46(31)39(54)33-21-29(49)22-48(33)40(35)55/h6-7,9-12,17-18,24-25,29-33,35,49H,4-5,8,13-16,19-22H2,1-3H3,(H,43,52)(H,44,50)(H,45,51)/t24-,25-,29+,30-,31-,32-,33-,35-/m0/s1. The van der Waals surface area contributed by atoms with Crippen LogP contribution in [-0.4, -0.2) is 129 Å². The summed E-state index contributed by atoms with van der Waals surface area (Å²) in [6, 6.07) is 7.25. The third-order valence-corrected chi connectivity index (χ3v) is 11.5. The van der Waals surface area contributed by atoms with Crippen molar-refractivity contribution in [3.8, 4) is 0 Å². The summed E-state index contributed by atoms with van der Waals surface area (Å²) >= 11 is 6.15. The highest BCUT2D eigenvalue weighted by Gasteiger charge is 2.48. The molecule has 0 radical (unpaired) electrons. The summed E-state index contributed by atoms with van der Waals surface area (Å²) in [6.45, 7) is 5.07. The fraction of sp³-hybridized carbons (Fsp3) is 0.537. The number of carbonyl (C=O) groups is 7. The predicted molar refractivity (Wildman–Crippen MR) is 207 cm³/mol. The van der Waals surface area contributed by atoms with Crippen LogP contribution in [0.5, 0.6) is 0 Å². The molecule has 0 spiro atoms. The van der Waals surface area contributed by atoms with Gasteiger partial charge in [0.1, 0.15) is 42.4 Å². The molecule has 15 nitrogen and oxygen atoms in total. The molecule has 4 N–H and O–H groups in total. The van der Waals surface area contributed by atoms with Crippen LogP contribution in [0.4, 0.5) is 0 Å². The smallest absolute Gasteiger partial charge is 0.329 e. The van der Waals surface area contributed by atoms with Gasteiger partial charge in [-0.15, -0.1) is 0 Å². The van der Waals surface area contributed by atoms with Crippen molar-refractivity contribution in [3.63, 3.8) is 0 Å². The Balaban J connectivity index is 1.34. The van der Waals surface area contributed by atoms with Gasteiger partial charge in [-0.3, -0.25) is 28.8 Å². The predicted octanol–water partition coefficient (Wildman–Crippen LogP) is 1.19. The average molecular weight is 807 g/mol. The third kappa shape index (κ3) is 9.75. The van der Waals surface area contributed by atoms with Gasteiger partial charge in [-0.2, -0.15) is 0 Å². The van der Waals surface area contributed by atoms with Gasteiger partial charge in [-0.05, 0) is 76.1 Å². The van der Waals surface area contributed by atoms with Crippen LogP contribution in [0, 0.1) is 6.92 Å². The molecule has 0 saturated carbocycles. The number of benzene rings is 2.